The minimum Gasteiger partial charge on any atom is -0.369 e. The lowest BCUT2D eigenvalue weighted by atomic mass is 10.1. The quantitative estimate of drug-likeness (QED) is 0.839. The molecule has 0 aliphatic carbocycles. The van der Waals surface area contributed by atoms with Crippen molar-refractivity contribution in [2.24, 2.45) is 4.99 Å². The number of hydrogen-bond donors (Lipinski definition) is 1. The molecule has 3 heterocycles. The molecule has 1 aromatic heterocycles. The molecular formula is C23H27N5. The second kappa shape index (κ2) is 8.45. The lowest BCUT2D eigenvalue weighted by Crippen LogP contribution is -2.43. The van der Waals surface area contributed by atoms with Crippen LogP contribution in [0.2, 0.25) is 0 Å². The number of aliphatic imine (C=N–C) groups is 1. The van der Waals surface area contributed by atoms with Gasteiger partial charge in [0, 0.05) is 61.3 Å². The molecule has 1 saturated heterocycles. The molecule has 5 heteroatoms. The zero-order valence-electron chi connectivity index (χ0n) is 16.7. The Labute approximate surface area is 167 Å². The third-order valence-electron chi connectivity index (χ3n) is 5.11. The van der Waals surface area contributed by atoms with Gasteiger partial charge in [0.1, 0.15) is 5.82 Å². The van der Waals surface area contributed by atoms with Crippen molar-refractivity contribution in [3.05, 3.63) is 59.7 Å². The molecule has 4 rings (SSSR count). The summed E-state index contributed by atoms with van der Waals surface area (Å²) in [5.74, 6) is 8.08. The molecule has 0 bridgehead atoms. The van der Waals surface area contributed by atoms with Crippen molar-refractivity contribution in [1.82, 2.24) is 14.9 Å². The number of piperazine rings is 1. The van der Waals surface area contributed by atoms with Crippen LogP contribution in [0.1, 0.15) is 31.2 Å². The minimum absolute atomic E-state index is 0.407. The van der Waals surface area contributed by atoms with Crippen LogP contribution in [0, 0.1) is 11.8 Å². The molecule has 5 nitrogen and oxygen atoms in total. The summed E-state index contributed by atoms with van der Waals surface area (Å²) in [6.45, 7) is 9.99. The van der Waals surface area contributed by atoms with Crippen molar-refractivity contribution in [2.75, 3.05) is 37.6 Å². The molecule has 1 N–H and O–H groups in total. The monoisotopic (exact) mass is 373 g/mol. The molecule has 144 valence electrons. The number of hydrogen-bond acceptors (Lipinski definition) is 4. The smallest absolute Gasteiger partial charge is 0.111 e. The number of rotatable bonds is 4. The van der Waals surface area contributed by atoms with E-state index in [0.717, 1.165) is 55.4 Å². The van der Waals surface area contributed by atoms with Crippen molar-refractivity contribution in [1.29, 1.82) is 0 Å². The Kier molecular flexibility index (Phi) is 5.59. The molecule has 0 atom stereocenters. The number of allylic oxidation sites excluding steroid dienone is 1. The maximum absolute atomic E-state index is 4.64. The fourth-order valence-corrected chi connectivity index (χ4v) is 3.61. The molecule has 0 spiro atoms. The highest BCUT2D eigenvalue weighted by Crippen LogP contribution is 2.16. The first-order chi connectivity index (χ1) is 13.7. The standard InChI is InChI=1S/C23H27N5/c1-18(2)23-25-11-14-28(23)17-21-15-20(16-26-21)4-3-19-5-7-22(8-6-19)27-12-9-24-10-13-27/h5-8,11,14-15,18,24H,9-10,12-13,16-17H2,1-2H3. The number of aromatic nitrogens is 2. The summed E-state index contributed by atoms with van der Waals surface area (Å²) in [4.78, 5) is 11.5. The van der Waals surface area contributed by atoms with Gasteiger partial charge in [-0.3, -0.25) is 4.99 Å². The average molecular weight is 374 g/mol. The van der Waals surface area contributed by atoms with Crippen LogP contribution in [0.5, 0.6) is 0 Å². The largest absolute Gasteiger partial charge is 0.369 e. The van der Waals surface area contributed by atoms with Gasteiger partial charge in [-0.2, -0.15) is 0 Å². The van der Waals surface area contributed by atoms with E-state index in [-0.39, 0.29) is 0 Å². The van der Waals surface area contributed by atoms with Crippen LogP contribution in [-0.2, 0) is 6.54 Å². The SMILES string of the molecule is CC(C)c1nccn1CC1=NCC(C#Cc2ccc(N3CCNCC3)cc2)=C1. The molecule has 0 saturated carbocycles. The van der Waals surface area contributed by atoms with Gasteiger partial charge in [0.2, 0.25) is 0 Å². The Balaban J connectivity index is 1.38. The van der Waals surface area contributed by atoms with Gasteiger partial charge in [-0.15, -0.1) is 0 Å². The van der Waals surface area contributed by atoms with Gasteiger partial charge in [0.05, 0.1) is 18.8 Å². The molecular weight excluding hydrogens is 346 g/mol. The topological polar surface area (TPSA) is 45.5 Å². The Morgan fingerprint density at radius 2 is 1.89 bits per heavy atom. The Bertz CT molecular complexity index is 931. The number of nitrogens with one attached hydrogen (secondary N) is 1. The maximum atomic E-state index is 4.64. The predicted molar refractivity (Wildman–Crippen MR) is 115 cm³/mol. The van der Waals surface area contributed by atoms with Crippen molar-refractivity contribution in [2.45, 2.75) is 26.3 Å². The van der Waals surface area contributed by atoms with E-state index in [0.29, 0.717) is 12.5 Å². The van der Waals surface area contributed by atoms with Gasteiger partial charge in [-0.05, 0) is 30.3 Å². The highest BCUT2D eigenvalue weighted by Gasteiger charge is 2.12. The van der Waals surface area contributed by atoms with Crippen LogP contribution in [0.3, 0.4) is 0 Å². The molecule has 1 aromatic carbocycles. The van der Waals surface area contributed by atoms with Gasteiger partial charge in [0.25, 0.3) is 0 Å². The van der Waals surface area contributed by atoms with Gasteiger partial charge >= 0.3 is 0 Å². The van der Waals surface area contributed by atoms with E-state index in [1.54, 1.807) is 0 Å². The fourth-order valence-electron chi connectivity index (χ4n) is 3.61. The predicted octanol–water partition coefficient (Wildman–Crippen LogP) is 2.85. The van der Waals surface area contributed by atoms with Crippen LogP contribution >= 0.6 is 0 Å². The zero-order chi connectivity index (χ0) is 19.3. The Hall–Kier alpha value is -2.84. The van der Waals surface area contributed by atoms with E-state index >= 15 is 0 Å². The van der Waals surface area contributed by atoms with Crippen LogP contribution in [0.15, 0.2) is 53.3 Å². The third kappa shape index (κ3) is 4.35. The van der Waals surface area contributed by atoms with E-state index in [1.165, 1.54) is 5.69 Å². The highest BCUT2D eigenvalue weighted by atomic mass is 15.2. The number of imidazole rings is 1. The zero-order valence-corrected chi connectivity index (χ0v) is 16.7. The van der Waals surface area contributed by atoms with E-state index in [4.69, 9.17) is 0 Å². The van der Waals surface area contributed by atoms with Crippen LogP contribution in [0.4, 0.5) is 5.69 Å². The van der Waals surface area contributed by atoms with Crippen molar-refractivity contribution in [3.8, 4) is 11.8 Å². The molecule has 2 aromatic rings. The summed E-state index contributed by atoms with van der Waals surface area (Å²) < 4.78 is 2.17. The second-order valence-electron chi connectivity index (χ2n) is 7.58. The van der Waals surface area contributed by atoms with Gasteiger partial charge < -0.3 is 14.8 Å². The molecule has 0 unspecified atom stereocenters. The molecule has 1 fully saturated rings. The summed E-state index contributed by atoms with van der Waals surface area (Å²) >= 11 is 0. The van der Waals surface area contributed by atoms with Gasteiger partial charge in [-0.25, -0.2) is 4.98 Å². The number of nitrogens with zero attached hydrogens (tertiary/aromatic N) is 4. The number of anilines is 1. The first kappa shape index (κ1) is 18.5. The van der Waals surface area contributed by atoms with Crippen LogP contribution < -0.4 is 10.2 Å². The Morgan fingerprint density at radius 1 is 1.11 bits per heavy atom. The minimum atomic E-state index is 0.407. The third-order valence-corrected chi connectivity index (χ3v) is 5.11. The second-order valence-corrected chi connectivity index (χ2v) is 7.58. The van der Waals surface area contributed by atoms with Crippen molar-refractivity contribution >= 4 is 11.4 Å². The van der Waals surface area contributed by atoms with Crippen molar-refractivity contribution < 1.29 is 0 Å². The summed E-state index contributed by atoms with van der Waals surface area (Å²) in [5, 5.41) is 3.39. The highest BCUT2D eigenvalue weighted by molar-refractivity contribution is 5.98. The van der Waals surface area contributed by atoms with E-state index < -0.39 is 0 Å². The summed E-state index contributed by atoms with van der Waals surface area (Å²) in [5.41, 5.74) is 4.47. The fraction of sp³-hybridized carbons (Fsp3) is 0.391. The summed E-state index contributed by atoms with van der Waals surface area (Å²) in [6, 6.07) is 8.57. The normalized spacial score (nSPS) is 16.6. The molecule has 0 radical (unpaired) electrons. The maximum Gasteiger partial charge on any atom is 0.111 e. The van der Waals surface area contributed by atoms with Gasteiger partial charge in [-0.1, -0.05) is 25.7 Å². The van der Waals surface area contributed by atoms with Crippen LogP contribution in [0.25, 0.3) is 0 Å². The summed E-state index contributed by atoms with van der Waals surface area (Å²) in [7, 11) is 0. The number of benzene rings is 1. The lowest BCUT2D eigenvalue weighted by Gasteiger charge is -2.29. The Morgan fingerprint density at radius 3 is 2.64 bits per heavy atom. The van der Waals surface area contributed by atoms with E-state index in [1.807, 2.05) is 12.4 Å². The average Bonchev–Trinajstić information content (AvgIpc) is 3.37. The molecule has 2 aliphatic rings. The summed E-state index contributed by atoms with van der Waals surface area (Å²) in [6.07, 6.45) is 6.00. The van der Waals surface area contributed by atoms with Gasteiger partial charge in [0.15, 0.2) is 0 Å². The van der Waals surface area contributed by atoms with E-state index in [9.17, 15) is 0 Å². The molecule has 0 amide bonds. The molecule has 28 heavy (non-hydrogen) atoms. The first-order valence-corrected chi connectivity index (χ1v) is 10.0. The first-order valence-electron chi connectivity index (χ1n) is 10.0. The van der Waals surface area contributed by atoms with E-state index in [2.05, 4.69) is 80.8 Å². The van der Waals surface area contributed by atoms with Crippen molar-refractivity contribution in [3.63, 3.8) is 0 Å². The molecule has 2 aliphatic heterocycles. The lowest BCUT2D eigenvalue weighted by molar-refractivity contribution is 0.589. The van der Waals surface area contributed by atoms with Crippen LogP contribution in [-0.4, -0.2) is 48.0 Å².